The lowest BCUT2D eigenvalue weighted by Crippen LogP contribution is -2.48. The average Bonchev–Trinajstić information content (AvgIpc) is 2.88. The Kier molecular flexibility index (Phi) is 8.92. The quantitative estimate of drug-likeness (QED) is 0.342. The van der Waals surface area contributed by atoms with E-state index in [0.29, 0.717) is 6.42 Å². The molecule has 4 rings (SSSR count). The maximum absolute atomic E-state index is 13.8. The number of fused-ring (bicyclic) bond motifs is 1. The second kappa shape index (κ2) is 12.0. The topological polar surface area (TPSA) is 122 Å². The van der Waals surface area contributed by atoms with E-state index in [-0.39, 0.29) is 0 Å². The molecule has 0 unspecified atom stereocenters. The number of hydrogen-bond donors (Lipinski definition) is 2. The summed E-state index contributed by atoms with van der Waals surface area (Å²) in [4.78, 5) is 24.4. The van der Waals surface area contributed by atoms with Crippen LogP contribution in [-0.2, 0) is 27.8 Å². The highest BCUT2D eigenvalue weighted by molar-refractivity contribution is 7.89. The van der Waals surface area contributed by atoms with Crippen molar-refractivity contribution < 1.29 is 31.3 Å². The van der Waals surface area contributed by atoms with Gasteiger partial charge in [-0.3, -0.25) is 19.8 Å². The Morgan fingerprint density at radius 1 is 1.10 bits per heavy atom. The summed E-state index contributed by atoms with van der Waals surface area (Å²) in [6.07, 6.45) is -0.626. The fraction of sp³-hybridized carbons (Fsp3) is 0.500. The van der Waals surface area contributed by atoms with Gasteiger partial charge in [0.05, 0.1) is 17.4 Å². The van der Waals surface area contributed by atoms with E-state index in [9.17, 15) is 36.5 Å². The minimum Gasteiger partial charge on any atom is -0.349 e. The molecule has 2 aromatic rings. The minimum absolute atomic E-state index is 0.494. The number of likely N-dealkylation sites (tertiary alicyclic amines) is 1. The molecule has 13 heteroatoms. The standard InChI is InChI=1S/C26H31F3N4O5S/c27-26(28,29)24(31-39(37,38)23-10-3-2-9-22(23)33(35)36)16-25(34)30-21-8-6-7-19-15-18(11-12-20(19)21)17-32-13-4-1-5-14-32/h2-3,9-12,15,21,24,31H,1,4-8,13-14,16-17H2,(H,30,34)/t21-,24-/m1/s1. The van der Waals surface area contributed by atoms with Gasteiger partial charge in [0.2, 0.25) is 15.9 Å². The van der Waals surface area contributed by atoms with Crippen molar-refractivity contribution in [2.75, 3.05) is 13.1 Å². The number of rotatable bonds is 9. The van der Waals surface area contributed by atoms with Crippen LogP contribution in [0.25, 0.3) is 0 Å². The number of carbonyl (C=O) groups excluding carboxylic acids is 1. The van der Waals surface area contributed by atoms with Gasteiger partial charge >= 0.3 is 6.18 Å². The normalized spacial score (nSPS) is 19.2. The van der Waals surface area contributed by atoms with Gasteiger partial charge in [-0.1, -0.05) is 36.8 Å². The molecule has 2 aliphatic rings. The zero-order valence-electron chi connectivity index (χ0n) is 21.2. The van der Waals surface area contributed by atoms with Crippen molar-refractivity contribution in [2.24, 2.45) is 0 Å². The van der Waals surface area contributed by atoms with E-state index in [0.717, 1.165) is 67.4 Å². The van der Waals surface area contributed by atoms with Crippen LogP contribution in [0.3, 0.4) is 0 Å². The van der Waals surface area contributed by atoms with Crippen LogP contribution < -0.4 is 10.0 Å². The SMILES string of the molecule is O=C(C[C@@H](NS(=O)(=O)c1ccccc1[N+](=O)[O-])C(F)(F)F)N[C@@H]1CCCc2cc(CN3CCCCC3)ccc21. The van der Waals surface area contributed by atoms with E-state index in [2.05, 4.69) is 16.3 Å². The number of sulfonamides is 1. The summed E-state index contributed by atoms with van der Waals surface area (Å²) in [6, 6.07) is 6.81. The Morgan fingerprint density at radius 2 is 1.82 bits per heavy atom. The summed E-state index contributed by atoms with van der Waals surface area (Å²) in [6.45, 7) is 2.94. The van der Waals surface area contributed by atoms with Crippen LogP contribution in [0.4, 0.5) is 18.9 Å². The van der Waals surface area contributed by atoms with Crippen LogP contribution in [-0.4, -0.2) is 49.5 Å². The van der Waals surface area contributed by atoms with Crippen LogP contribution in [0, 0.1) is 10.1 Å². The average molecular weight is 569 g/mol. The predicted molar refractivity (Wildman–Crippen MR) is 137 cm³/mol. The number of aryl methyl sites for hydroxylation is 1. The number of nitro benzene ring substituents is 1. The number of piperidine rings is 1. The highest BCUT2D eigenvalue weighted by atomic mass is 32.2. The van der Waals surface area contributed by atoms with Crippen molar-refractivity contribution in [3.63, 3.8) is 0 Å². The molecular weight excluding hydrogens is 537 g/mol. The molecule has 0 bridgehead atoms. The molecule has 0 aromatic heterocycles. The minimum atomic E-state index is -5.11. The third kappa shape index (κ3) is 7.34. The number of nitrogens with one attached hydrogen (secondary N) is 2. The van der Waals surface area contributed by atoms with E-state index in [1.54, 1.807) is 0 Å². The highest BCUT2D eigenvalue weighted by Gasteiger charge is 2.44. The lowest BCUT2D eigenvalue weighted by Gasteiger charge is -2.30. The number of para-hydroxylation sites is 1. The number of nitro groups is 1. The molecule has 2 N–H and O–H groups in total. The summed E-state index contributed by atoms with van der Waals surface area (Å²) < 4.78 is 68.2. The maximum Gasteiger partial charge on any atom is 0.405 e. The van der Waals surface area contributed by atoms with Gasteiger partial charge in [-0.2, -0.15) is 17.9 Å². The largest absolute Gasteiger partial charge is 0.405 e. The molecule has 1 saturated heterocycles. The Balaban J connectivity index is 1.45. The zero-order valence-corrected chi connectivity index (χ0v) is 22.1. The molecule has 1 heterocycles. The maximum atomic E-state index is 13.8. The van der Waals surface area contributed by atoms with Gasteiger partial charge in [0.25, 0.3) is 5.69 Å². The lowest BCUT2D eigenvalue weighted by atomic mass is 9.86. The van der Waals surface area contributed by atoms with Gasteiger partial charge < -0.3 is 5.32 Å². The van der Waals surface area contributed by atoms with Crippen LogP contribution in [0.1, 0.15) is 61.3 Å². The molecule has 0 spiro atoms. The van der Waals surface area contributed by atoms with E-state index >= 15 is 0 Å². The van der Waals surface area contributed by atoms with E-state index < -0.39 is 56.1 Å². The smallest absolute Gasteiger partial charge is 0.349 e. The third-order valence-electron chi connectivity index (χ3n) is 7.15. The molecule has 212 valence electrons. The first kappa shape index (κ1) is 29.0. The fourth-order valence-corrected chi connectivity index (χ4v) is 6.63. The summed E-state index contributed by atoms with van der Waals surface area (Å²) in [7, 11) is -4.96. The van der Waals surface area contributed by atoms with Crippen LogP contribution in [0.15, 0.2) is 47.4 Å². The summed E-state index contributed by atoms with van der Waals surface area (Å²) >= 11 is 0. The number of amides is 1. The van der Waals surface area contributed by atoms with E-state index in [4.69, 9.17) is 0 Å². The second-order valence-electron chi connectivity index (χ2n) is 10.0. The Morgan fingerprint density at radius 3 is 2.51 bits per heavy atom. The lowest BCUT2D eigenvalue weighted by molar-refractivity contribution is -0.387. The first-order chi connectivity index (χ1) is 18.4. The molecule has 0 radical (unpaired) electrons. The predicted octanol–water partition coefficient (Wildman–Crippen LogP) is 4.37. The zero-order chi connectivity index (χ0) is 28.2. The van der Waals surface area contributed by atoms with Crippen LogP contribution >= 0.6 is 0 Å². The van der Waals surface area contributed by atoms with Crippen molar-refractivity contribution in [3.05, 3.63) is 69.3 Å². The molecule has 1 fully saturated rings. The van der Waals surface area contributed by atoms with Gasteiger partial charge in [-0.15, -0.1) is 0 Å². The fourth-order valence-electron chi connectivity index (χ4n) is 5.24. The van der Waals surface area contributed by atoms with Gasteiger partial charge in [-0.05, 0) is 68.0 Å². The van der Waals surface area contributed by atoms with E-state index in [1.807, 2.05) is 12.1 Å². The van der Waals surface area contributed by atoms with Crippen molar-refractivity contribution in [1.82, 2.24) is 14.9 Å². The monoisotopic (exact) mass is 568 g/mol. The number of benzene rings is 2. The molecule has 2 aromatic carbocycles. The number of nitrogens with zero attached hydrogens (tertiary/aromatic N) is 2. The van der Waals surface area contributed by atoms with Crippen LogP contribution in [0.5, 0.6) is 0 Å². The summed E-state index contributed by atoms with van der Waals surface area (Å²) in [5.74, 6) is -0.974. The molecule has 39 heavy (non-hydrogen) atoms. The summed E-state index contributed by atoms with van der Waals surface area (Å²) in [5, 5.41) is 13.8. The van der Waals surface area contributed by atoms with Gasteiger partial charge in [0, 0.05) is 12.6 Å². The molecule has 0 saturated carbocycles. The Labute approximate surface area is 225 Å². The first-order valence-corrected chi connectivity index (χ1v) is 14.4. The number of halogens is 3. The number of hydrogen-bond acceptors (Lipinski definition) is 6. The van der Waals surface area contributed by atoms with Crippen LogP contribution in [0.2, 0.25) is 0 Å². The second-order valence-corrected chi connectivity index (χ2v) is 11.7. The number of alkyl halides is 3. The van der Waals surface area contributed by atoms with Crippen molar-refractivity contribution in [1.29, 1.82) is 0 Å². The molecule has 1 aliphatic carbocycles. The van der Waals surface area contributed by atoms with Crippen molar-refractivity contribution >= 4 is 21.6 Å². The first-order valence-electron chi connectivity index (χ1n) is 12.9. The molecular formula is C26H31F3N4O5S. The van der Waals surface area contributed by atoms with Crippen molar-refractivity contribution in [3.8, 4) is 0 Å². The Hall–Kier alpha value is -3.03. The Bertz CT molecular complexity index is 1310. The molecule has 9 nitrogen and oxygen atoms in total. The van der Waals surface area contributed by atoms with Crippen molar-refractivity contribution in [2.45, 2.75) is 74.6 Å². The highest BCUT2D eigenvalue weighted by Crippen LogP contribution is 2.32. The molecule has 1 aliphatic heterocycles. The summed E-state index contributed by atoms with van der Waals surface area (Å²) in [5.41, 5.74) is 2.18. The van der Waals surface area contributed by atoms with Gasteiger partial charge in [0.1, 0.15) is 6.04 Å². The van der Waals surface area contributed by atoms with E-state index in [1.165, 1.54) is 30.1 Å². The van der Waals surface area contributed by atoms with Gasteiger partial charge in [-0.25, -0.2) is 8.42 Å². The third-order valence-corrected chi connectivity index (χ3v) is 8.66. The van der Waals surface area contributed by atoms with Gasteiger partial charge in [0.15, 0.2) is 4.90 Å². The number of carbonyl (C=O) groups is 1. The molecule has 2 atom stereocenters. The molecule has 1 amide bonds.